The van der Waals surface area contributed by atoms with Crippen LogP contribution in [0.4, 0.5) is 14.5 Å². The lowest BCUT2D eigenvalue weighted by atomic mass is 9.94. The zero-order chi connectivity index (χ0) is 24.5. The highest BCUT2D eigenvalue weighted by Gasteiger charge is 2.23. The normalized spacial score (nSPS) is 11.7. The van der Waals surface area contributed by atoms with Crippen LogP contribution >= 0.6 is 0 Å². The molecule has 32 heavy (non-hydrogen) atoms. The summed E-state index contributed by atoms with van der Waals surface area (Å²) in [6, 6.07) is 16.9. The Morgan fingerprint density at radius 2 is 1.50 bits per heavy atom. The number of allylic oxidation sites excluding steroid dienone is 1. The fourth-order valence-electron chi connectivity index (χ4n) is 2.56. The first-order valence-electron chi connectivity index (χ1n) is 10.5. The molecule has 5 nitrogen and oxygen atoms in total. The molecule has 0 aliphatic carbocycles. The van der Waals surface area contributed by atoms with Crippen LogP contribution in [-0.4, -0.2) is 24.1 Å². The summed E-state index contributed by atoms with van der Waals surface area (Å²) in [5.41, 5.74) is 12.4. The molecule has 2 aromatic rings. The van der Waals surface area contributed by atoms with E-state index in [0.29, 0.717) is 0 Å². The second-order valence-electron chi connectivity index (χ2n) is 7.38. The van der Waals surface area contributed by atoms with Gasteiger partial charge in [0.1, 0.15) is 0 Å². The van der Waals surface area contributed by atoms with E-state index in [1.54, 1.807) is 12.4 Å². The van der Waals surface area contributed by atoms with Crippen LogP contribution in [0.5, 0.6) is 0 Å². The Morgan fingerprint density at radius 3 is 1.88 bits per heavy atom. The van der Waals surface area contributed by atoms with Crippen molar-refractivity contribution >= 4 is 18.1 Å². The highest BCUT2D eigenvalue weighted by molar-refractivity contribution is 6.12. The Balaban J connectivity index is 0.000000553. The van der Waals surface area contributed by atoms with Crippen LogP contribution in [0.1, 0.15) is 39.2 Å². The third kappa shape index (κ3) is 11.4. The van der Waals surface area contributed by atoms with E-state index in [4.69, 9.17) is 21.8 Å². The molecule has 0 radical (unpaired) electrons. The van der Waals surface area contributed by atoms with E-state index in [0.717, 1.165) is 18.1 Å². The maximum absolute atomic E-state index is 12.0. The molecule has 6 N–H and O–H groups in total. The first-order valence-corrected chi connectivity index (χ1v) is 10.5. The minimum absolute atomic E-state index is 0.220. The molecule has 176 valence electrons. The number of nitrogens with one attached hydrogen (secondary N) is 3. The smallest absolute Gasteiger partial charge is 0.241 e. The Bertz CT molecular complexity index is 787. The van der Waals surface area contributed by atoms with Gasteiger partial charge in [0, 0.05) is 35.6 Å². The van der Waals surface area contributed by atoms with E-state index < -0.39 is 18.3 Å². The van der Waals surface area contributed by atoms with Crippen LogP contribution < -0.4 is 11.2 Å². The third-order valence-corrected chi connectivity index (χ3v) is 4.98. The van der Waals surface area contributed by atoms with Gasteiger partial charge in [0.25, 0.3) is 0 Å². The van der Waals surface area contributed by atoms with Crippen molar-refractivity contribution in [3.63, 3.8) is 0 Å². The SMILES string of the molecule is C=C(NO)C(C)C(C)C(F)F.CCCCc1ccc(-c2ccc(N)cc2)cc1.N=CC=N. The first-order chi connectivity index (χ1) is 15.2. The van der Waals surface area contributed by atoms with Crippen LogP contribution in [0.25, 0.3) is 11.1 Å². The van der Waals surface area contributed by atoms with Crippen molar-refractivity contribution in [2.45, 2.75) is 46.5 Å². The number of unbranched alkanes of at least 4 members (excludes halogenated alkanes) is 1. The average molecular weight is 447 g/mol. The predicted octanol–water partition coefficient (Wildman–Crippen LogP) is 6.58. The predicted molar refractivity (Wildman–Crippen MR) is 131 cm³/mol. The highest BCUT2D eigenvalue weighted by Crippen LogP contribution is 2.23. The fraction of sp³-hybridized carbons (Fsp3) is 0.360. The van der Waals surface area contributed by atoms with Crippen molar-refractivity contribution in [3.8, 4) is 11.1 Å². The van der Waals surface area contributed by atoms with Gasteiger partial charge >= 0.3 is 0 Å². The molecule has 2 aromatic carbocycles. The zero-order valence-corrected chi connectivity index (χ0v) is 19.1. The van der Waals surface area contributed by atoms with Crippen molar-refractivity contribution in [2.24, 2.45) is 11.8 Å². The maximum Gasteiger partial charge on any atom is 0.241 e. The van der Waals surface area contributed by atoms with Crippen LogP contribution in [0.3, 0.4) is 0 Å². The molecule has 0 saturated heterocycles. The molecule has 2 unspecified atom stereocenters. The highest BCUT2D eigenvalue weighted by atomic mass is 19.3. The summed E-state index contributed by atoms with van der Waals surface area (Å²) in [4.78, 5) is 0. The monoisotopic (exact) mass is 446 g/mol. The summed E-state index contributed by atoms with van der Waals surface area (Å²) in [6.07, 6.45) is 3.15. The third-order valence-electron chi connectivity index (χ3n) is 4.98. The number of nitrogens with two attached hydrogens (primary N) is 1. The maximum atomic E-state index is 12.0. The van der Waals surface area contributed by atoms with E-state index in [2.05, 4.69) is 49.9 Å². The Labute approximate surface area is 190 Å². The second-order valence-corrected chi connectivity index (χ2v) is 7.38. The van der Waals surface area contributed by atoms with Gasteiger partial charge in [-0.2, -0.15) is 0 Å². The van der Waals surface area contributed by atoms with Crippen molar-refractivity contribution in [1.82, 2.24) is 5.48 Å². The van der Waals surface area contributed by atoms with Gasteiger partial charge in [-0.15, -0.1) is 0 Å². The molecule has 0 fully saturated rings. The van der Waals surface area contributed by atoms with Gasteiger partial charge in [0.05, 0.1) is 0 Å². The zero-order valence-electron chi connectivity index (χ0n) is 19.1. The number of benzene rings is 2. The molecule has 0 heterocycles. The first kappa shape index (κ1) is 28.9. The molecule has 7 heteroatoms. The molecular formula is C25H36F2N4O. The number of rotatable bonds is 9. The number of anilines is 1. The van der Waals surface area contributed by atoms with Gasteiger partial charge in [-0.25, -0.2) is 8.78 Å². The molecule has 0 amide bonds. The number of alkyl halides is 2. The van der Waals surface area contributed by atoms with E-state index in [1.807, 2.05) is 12.1 Å². The average Bonchev–Trinajstić information content (AvgIpc) is 2.82. The lowest BCUT2D eigenvalue weighted by Gasteiger charge is -2.19. The van der Waals surface area contributed by atoms with E-state index in [9.17, 15) is 8.78 Å². The summed E-state index contributed by atoms with van der Waals surface area (Å²) in [5, 5.41) is 20.5. The van der Waals surface area contributed by atoms with Crippen molar-refractivity contribution in [3.05, 3.63) is 66.4 Å². The lowest BCUT2D eigenvalue weighted by molar-refractivity contribution is 0.0579. The van der Waals surface area contributed by atoms with Gasteiger partial charge in [-0.1, -0.05) is 70.2 Å². The number of halogens is 2. The van der Waals surface area contributed by atoms with Crippen molar-refractivity contribution in [1.29, 1.82) is 10.8 Å². The number of hydroxylamine groups is 1. The largest absolute Gasteiger partial charge is 0.399 e. The standard InChI is InChI=1S/C16H19N.C7H13F2NO.C2H4N2/c1-2-3-4-13-5-7-14(8-6-13)15-9-11-16(17)12-10-15;1-4(6(3)10-11)5(2)7(8)9;3-1-2-4/h5-12H,2-4,17H2,1H3;4-5,7,10-11H,3H2,1-2H3;1-4H. The minimum Gasteiger partial charge on any atom is -0.399 e. The fourth-order valence-corrected chi connectivity index (χ4v) is 2.56. The molecule has 2 atom stereocenters. The van der Waals surface area contributed by atoms with Gasteiger partial charge in [-0.3, -0.25) is 10.7 Å². The molecule has 0 aromatic heterocycles. The van der Waals surface area contributed by atoms with Gasteiger partial charge in [0.2, 0.25) is 6.43 Å². The number of aryl methyl sites for hydroxylation is 1. The van der Waals surface area contributed by atoms with Gasteiger partial charge < -0.3 is 16.6 Å². The van der Waals surface area contributed by atoms with E-state index in [-0.39, 0.29) is 5.70 Å². The number of hydrogen-bond acceptors (Lipinski definition) is 5. The van der Waals surface area contributed by atoms with E-state index >= 15 is 0 Å². The molecule has 2 rings (SSSR count). The summed E-state index contributed by atoms with van der Waals surface area (Å²) < 4.78 is 24.0. The summed E-state index contributed by atoms with van der Waals surface area (Å²) in [5.74, 6) is -1.22. The number of hydrogen-bond donors (Lipinski definition) is 5. The molecule has 0 saturated carbocycles. The van der Waals surface area contributed by atoms with Crippen molar-refractivity contribution < 1.29 is 14.0 Å². The summed E-state index contributed by atoms with van der Waals surface area (Å²) in [6.45, 7) is 8.61. The Kier molecular flexibility index (Phi) is 15.0. The van der Waals surface area contributed by atoms with Crippen molar-refractivity contribution in [2.75, 3.05) is 5.73 Å². The molecule has 0 aliphatic heterocycles. The quantitative estimate of drug-likeness (QED) is 0.171. The van der Waals surface area contributed by atoms with Crippen LogP contribution in [0, 0.1) is 22.7 Å². The lowest BCUT2D eigenvalue weighted by Crippen LogP contribution is -2.23. The second kappa shape index (κ2) is 16.6. The number of nitrogen functional groups attached to an aromatic ring is 1. The molecule has 0 aliphatic rings. The summed E-state index contributed by atoms with van der Waals surface area (Å²) in [7, 11) is 0. The minimum atomic E-state index is -2.38. The van der Waals surface area contributed by atoms with Crippen LogP contribution in [-0.2, 0) is 6.42 Å². The van der Waals surface area contributed by atoms with Gasteiger partial charge in [-0.05, 0) is 41.7 Å². The van der Waals surface area contributed by atoms with E-state index in [1.165, 1.54) is 42.9 Å². The Hall–Kier alpha value is -3.06. The molecule has 0 spiro atoms. The van der Waals surface area contributed by atoms with Crippen LogP contribution in [0.15, 0.2) is 60.8 Å². The molecular weight excluding hydrogens is 410 g/mol. The van der Waals surface area contributed by atoms with Crippen LogP contribution in [0.2, 0.25) is 0 Å². The van der Waals surface area contributed by atoms with Gasteiger partial charge in [0.15, 0.2) is 0 Å². The topological polar surface area (TPSA) is 106 Å². The Morgan fingerprint density at radius 1 is 1.03 bits per heavy atom. The summed E-state index contributed by atoms with van der Waals surface area (Å²) >= 11 is 0. The molecule has 0 bridgehead atoms.